The second kappa shape index (κ2) is 15.9. The highest BCUT2D eigenvalue weighted by Gasteiger charge is 2.43. The van der Waals surface area contributed by atoms with Crippen LogP contribution in [-0.4, -0.2) is 62.3 Å². The summed E-state index contributed by atoms with van der Waals surface area (Å²) in [6, 6.07) is 14.8. The van der Waals surface area contributed by atoms with Crippen LogP contribution in [0.2, 0.25) is 0 Å². The number of carbonyl (C=O) groups is 3. The van der Waals surface area contributed by atoms with E-state index in [2.05, 4.69) is 15.6 Å². The highest BCUT2D eigenvalue weighted by molar-refractivity contribution is 6.52. The lowest BCUT2D eigenvalue weighted by atomic mass is 9.77. The van der Waals surface area contributed by atoms with Gasteiger partial charge in [0.1, 0.15) is 5.76 Å². The molecule has 2 aromatic carbocycles. The molecule has 4 heterocycles. The maximum atomic E-state index is 14.6. The number of anilines is 2. The Morgan fingerprint density at radius 1 is 0.694 bits per heavy atom. The number of benzene rings is 2. The van der Waals surface area contributed by atoms with Crippen molar-refractivity contribution in [3.8, 4) is 22.8 Å². The first kappa shape index (κ1) is 41.2. The van der Waals surface area contributed by atoms with Crippen LogP contribution < -0.4 is 15.9 Å². The number of H-pyrrole nitrogens is 1. The van der Waals surface area contributed by atoms with Gasteiger partial charge in [0.15, 0.2) is 22.9 Å². The fourth-order valence-electron chi connectivity index (χ4n) is 9.37. The van der Waals surface area contributed by atoms with Gasteiger partial charge in [-0.2, -0.15) is 10.2 Å². The quantitative estimate of drug-likeness (QED) is 0.0992. The molecule has 9 rings (SSSR count). The summed E-state index contributed by atoms with van der Waals surface area (Å²) in [4.78, 5) is 48.1. The number of amides is 2. The number of carbonyl (C=O) groups excluding carboxylic acids is 3. The van der Waals surface area contributed by atoms with Crippen LogP contribution in [0.25, 0.3) is 45.2 Å². The van der Waals surface area contributed by atoms with Crippen LogP contribution in [0.3, 0.4) is 0 Å². The number of rotatable bonds is 11. The van der Waals surface area contributed by atoms with Crippen LogP contribution in [-0.2, 0) is 25.2 Å². The zero-order valence-corrected chi connectivity index (χ0v) is 36.6. The van der Waals surface area contributed by atoms with Crippen molar-refractivity contribution in [2.75, 3.05) is 10.6 Å². The number of allylic oxidation sites excluding steroid dienone is 2. The summed E-state index contributed by atoms with van der Waals surface area (Å²) in [5.41, 5.74) is 4.64. The van der Waals surface area contributed by atoms with Gasteiger partial charge in [0.2, 0.25) is 17.6 Å². The number of hydrogen-bond donors (Lipinski definition) is 4. The molecule has 0 spiro atoms. The van der Waals surface area contributed by atoms with E-state index in [4.69, 9.17) is 25.4 Å². The standard InChI is InChI=1S/C48H56N10O4/c1-47(2,3)41-37(45-51-43(55-57(45)53-41)29-17-21-31(22-18-29)49-33(59)25-15-27-11-7-8-12-27)35-39(61)36(40(35)62)38-42(48(4,5)6)54-58-46(38)52-44(56-58)30-19-23-32(24-20-30)50-34(60)26-16-28-13-9-10-14-28/h17-24,27-28,61H,7-16,25-26H2,1-6H3,(H,49,59)(H,50,60)(H,51,55)/b38-36+. The van der Waals surface area contributed by atoms with Crippen LogP contribution in [0.5, 0.6) is 0 Å². The Kier molecular flexibility index (Phi) is 10.6. The van der Waals surface area contributed by atoms with Crippen molar-refractivity contribution < 1.29 is 19.5 Å². The molecule has 2 saturated carbocycles. The highest BCUT2D eigenvalue weighted by atomic mass is 16.3. The molecule has 14 heteroatoms. The Morgan fingerprint density at radius 2 is 1.21 bits per heavy atom. The minimum absolute atomic E-state index is 0.0122. The van der Waals surface area contributed by atoms with Gasteiger partial charge in [-0.05, 0) is 73.2 Å². The van der Waals surface area contributed by atoms with Gasteiger partial charge in [0.05, 0.1) is 33.3 Å². The van der Waals surface area contributed by atoms with Crippen LogP contribution in [0.4, 0.5) is 11.4 Å². The molecule has 3 aliphatic carbocycles. The fraction of sp³-hybridized carbons (Fsp3) is 0.458. The first-order valence-corrected chi connectivity index (χ1v) is 22.2. The Hall–Kier alpha value is -6.18. The Labute approximate surface area is 360 Å². The molecule has 0 saturated heterocycles. The van der Waals surface area contributed by atoms with Crippen molar-refractivity contribution in [3.05, 3.63) is 76.5 Å². The fourth-order valence-corrected chi connectivity index (χ4v) is 9.37. The molecule has 2 fully saturated rings. The van der Waals surface area contributed by atoms with Gasteiger partial charge in [0, 0.05) is 46.2 Å². The predicted molar refractivity (Wildman–Crippen MR) is 239 cm³/mol. The zero-order chi connectivity index (χ0) is 43.5. The van der Waals surface area contributed by atoms with E-state index < -0.39 is 10.8 Å². The van der Waals surface area contributed by atoms with Gasteiger partial charge in [-0.15, -0.1) is 19.5 Å². The number of ketones is 1. The average Bonchev–Trinajstić information content (AvgIpc) is 4.08. The lowest BCUT2D eigenvalue weighted by Gasteiger charge is -2.25. The van der Waals surface area contributed by atoms with Gasteiger partial charge < -0.3 is 20.7 Å². The SMILES string of the molecule is CC(C)(C)c1nn2nc(-c3ccc(NC(=O)CCC4CCCC4)cc3)[nH]c2c1C1=C(O)/C(=c2/c(C(C)(C)C)nn3nc(-c4ccc(NC(=O)CCC5CCCC5)cc4)nc23)C1=O. The molecule has 0 radical (unpaired) electrons. The van der Waals surface area contributed by atoms with Crippen molar-refractivity contribution in [3.63, 3.8) is 0 Å². The van der Waals surface area contributed by atoms with E-state index in [-0.39, 0.29) is 34.5 Å². The topological polar surface area (TPSA) is 185 Å². The number of fused-ring (bicyclic) bond motifs is 2. The van der Waals surface area contributed by atoms with Crippen LogP contribution >= 0.6 is 0 Å². The molecule has 62 heavy (non-hydrogen) atoms. The number of nitrogens with one attached hydrogen (secondary N) is 3. The molecular formula is C48H56N10O4. The van der Waals surface area contributed by atoms with Crippen LogP contribution in [0.15, 0.2) is 54.3 Å². The number of aliphatic hydroxyl groups is 1. The van der Waals surface area contributed by atoms with E-state index in [1.54, 1.807) is 0 Å². The first-order valence-electron chi connectivity index (χ1n) is 22.2. The molecule has 3 aliphatic rings. The minimum Gasteiger partial charge on any atom is -0.506 e. The summed E-state index contributed by atoms with van der Waals surface area (Å²) in [6.07, 6.45) is 12.8. The molecule has 4 aromatic heterocycles. The van der Waals surface area contributed by atoms with Crippen LogP contribution in [0, 0.1) is 11.8 Å². The Morgan fingerprint density at radius 3 is 1.73 bits per heavy atom. The van der Waals surface area contributed by atoms with E-state index in [1.165, 1.54) is 60.6 Å². The van der Waals surface area contributed by atoms with Gasteiger partial charge >= 0.3 is 0 Å². The average molecular weight is 837 g/mol. The van der Waals surface area contributed by atoms with Crippen molar-refractivity contribution in [1.82, 2.24) is 39.6 Å². The van der Waals surface area contributed by atoms with E-state index in [0.717, 1.165) is 18.4 Å². The predicted octanol–water partition coefficient (Wildman–Crippen LogP) is 8.66. The largest absolute Gasteiger partial charge is 0.506 e. The molecule has 0 bridgehead atoms. The van der Waals surface area contributed by atoms with Crippen LogP contribution in [0.1, 0.15) is 136 Å². The third-order valence-corrected chi connectivity index (χ3v) is 12.8. The maximum absolute atomic E-state index is 14.6. The number of aromatic nitrogens is 8. The normalized spacial score (nSPS) is 17.5. The van der Waals surface area contributed by atoms with Gasteiger partial charge in [-0.3, -0.25) is 14.4 Å². The van der Waals surface area contributed by atoms with E-state index in [9.17, 15) is 19.5 Å². The number of hydrogen-bond acceptors (Lipinski definition) is 9. The summed E-state index contributed by atoms with van der Waals surface area (Å²) in [6.45, 7) is 12.0. The molecular weight excluding hydrogens is 781 g/mol. The molecule has 0 atom stereocenters. The summed E-state index contributed by atoms with van der Waals surface area (Å²) in [5, 5.41) is 37.6. The Bertz CT molecular complexity index is 2780. The van der Waals surface area contributed by atoms with E-state index >= 15 is 0 Å². The summed E-state index contributed by atoms with van der Waals surface area (Å²) in [5.74, 6) is 1.73. The second-order valence-corrected chi connectivity index (χ2v) is 19.6. The first-order chi connectivity index (χ1) is 29.6. The van der Waals surface area contributed by atoms with Gasteiger partial charge in [0.25, 0.3) is 0 Å². The van der Waals surface area contributed by atoms with Gasteiger partial charge in [-0.1, -0.05) is 92.9 Å². The van der Waals surface area contributed by atoms with Crippen molar-refractivity contribution in [1.29, 1.82) is 0 Å². The lowest BCUT2D eigenvalue weighted by Crippen LogP contribution is -2.32. The second-order valence-electron chi connectivity index (χ2n) is 19.6. The lowest BCUT2D eigenvalue weighted by molar-refractivity contribution is -0.117. The third-order valence-electron chi connectivity index (χ3n) is 12.8. The molecule has 0 aliphatic heterocycles. The highest BCUT2D eigenvalue weighted by Crippen LogP contribution is 2.43. The number of Topliss-reactive ketones (excluding diaryl/α,β-unsaturated/α-hetero) is 1. The summed E-state index contributed by atoms with van der Waals surface area (Å²) >= 11 is 0. The van der Waals surface area contributed by atoms with Crippen molar-refractivity contribution in [2.45, 2.75) is 129 Å². The smallest absolute Gasteiger partial charge is 0.224 e. The molecule has 0 unspecified atom stereocenters. The molecule has 322 valence electrons. The molecule has 2 amide bonds. The minimum atomic E-state index is -0.521. The number of aromatic amines is 1. The van der Waals surface area contributed by atoms with E-state index in [0.29, 0.717) is 86.7 Å². The summed E-state index contributed by atoms with van der Waals surface area (Å²) < 4.78 is 2.92. The molecule has 4 N–H and O–H groups in total. The number of nitrogens with zero attached hydrogens (tertiary/aromatic N) is 7. The maximum Gasteiger partial charge on any atom is 0.224 e. The van der Waals surface area contributed by atoms with Crippen molar-refractivity contribution >= 4 is 51.4 Å². The third kappa shape index (κ3) is 7.91. The van der Waals surface area contributed by atoms with E-state index in [1.807, 2.05) is 90.1 Å². The molecule has 14 nitrogen and oxygen atoms in total. The van der Waals surface area contributed by atoms with Gasteiger partial charge in [-0.25, -0.2) is 4.98 Å². The Balaban J connectivity index is 1.02. The number of aliphatic hydroxyl groups excluding tert-OH is 1. The van der Waals surface area contributed by atoms with Crippen molar-refractivity contribution in [2.24, 2.45) is 11.8 Å². The zero-order valence-electron chi connectivity index (χ0n) is 36.6. The monoisotopic (exact) mass is 836 g/mol. The molecule has 6 aromatic rings. The summed E-state index contributed by atoms with van der Waals surface area (Å²) in [7, 11) is 0.